The van der Waals surface area contributed by atoms with E-state index in [-0.39, 0.29) is 51.4 Å². The molecule has 1 atom stereocenters. The third-order valence-corrected chi connectivity index (χ3v) is 1.79. The molecule has 14 heavy (non-hydrogen) atoms. The summed E-state index contributed by atoms with van der Waals surface area (Å²) in [5, 5.41) is 2.07. The van der Waals surface area contributed by atoms with E-state index < -0.39 is 18.1 Å². The number of alkyl carbamates (subject to hydrolysis) is 1. The van der Waals surface area contributed by atoms with Crippen molar-refractivity contribution < 1.29 is 14.3 Å². The first-order valence-electron chi connectivity index (χ1n) is 3.84. The molecule has 2 rings (SSSR count). The van der Waals surface area contributed by atoms with Crippen LogP contribution in [0, 0.1) is 0 Å². The summed E-state index contributed by atoms with van der Waals surface area (Å²) in [6.07, 6.45) is -1.47. The summed E-state index contributed by atoms with van der Waals surface area (Å²) in [7, 11) is 0. The summed E-state index contributed by atoms with van der Waals surface area (Å²) in [6.45, 7) is 0. The first-order chi connectivity index (χ1) is 6.27. The van der Waals surface area contributed by atoms with Gasteiger partial charge in [-0.1, -0.05) is 30.3 Å². The monoisotopic (exact) mass is 216 g/mol. The fraction of sp³-hybridized carbons (Fsp3) is 0.111. The largest absolute Gasteiger partial charge is 0.431 e. The molecule has 1 radical (unpaired) electrons. The van der Waals surface area contributed by atoms with Crippen LogP contribution in [0.3, 0.4) is 0 Å². The SMILES string of the molecule is O=C1NC(=O)C(c2ccccc2)O1.[K]. The number of nitrogens with one attached hydrogen (secondary N) is 1. The van der Waals surface area contributed by atoms with E-state index in [4.69, 9.17) is 4.74 Å². The zero-order chi connectivity index (χ0) is 9.26. The van der Waals surface area contributed by atoms with E-state index in [0.717, 1.165) is 0 Å². The van der Waals surface area contributed by atoms with E-state index in [0.29, 0.717) is 5.56 Å². The van der Waals surface area contributed by atoms with Crippen molar-refractivity contribution in [1.82, 2.24) is 5.32 Å². The Morgan fingerprint density at radius 3 is 2.29 bits per heavy atom. The van der Waals surface area contributed by atoms with Crippen LogP contribution >= 0.6 is 0 Å². The number of carbonyl (C=O) groups excluding carboxylic acids is 2. The molecule has 1 saturated heterocycles. The van der Waals surface area contributed by atoms with Gasteiger partial charge < -0.3 is 4.74 Å². The van der Waals surface area contributed by atoms with Gasteiger partial charge in [0, 0.05) is 56.9 Å². The summed E-state index contributed by atoms with van der Waals surface area (Å²) in [6, 6.07) is 8.88. The van der Waals surface area contributed by atoms with Crippen molar-refractivity contribution in [2.75, 3.05) is 0 Å². The minimum absolute atomic E-state index is 0. The van der Waals surface area contributed by atoms with Gasteiger partial charge in [-0.3, -0.25) is 10.1 Å². The number of cyclic esters (lactones) is 1. The number of ether oxygens (including phenoxy) is 1. The standard InChI is InChI=1S/C9H7NO3.K/c11-8-7(13-9(12)10-8)6-4-2-1-3-5-6;/h1-5,7H,(H,10,11,12);. The van der Waals surface area contributed by atoms with Gasteiger partial charge >= 0.3 is 6.09 Å². The van der Waals surface area contributed by atoms with Gasteiger partial charge in [-0.15, -0.1) is 0 Å². The molecule has 0 bridgehead atoms. The maximum atomic E-state index is 11.1. The van der Waals surface area contributed by atoms with Crippen molar-refractivity contribution >= 4 is 63.4 Å². The van der Waals surface area contributed by atoms with Gasteiger partial charge in [-0.05, 0) is 0 Å². The number of rotatable bonds is 1. The van der Waals surface area contributed by atoms with Crippen LogP contribution in [-0.4, -0.2) is 63.4 Å². The first kappa shape index (κ1) is 11.9. The predicted molar refractivity (Wildman–Crippen MR) is 49.6 cm³/mol. The summed E-state index contributed by atoms with van der Waals surface area (Å²) in [4.78, 5) is 21.8. The second kappa shape index (κ2) is 5.04. The van der Waals surface area contributed by atoms with Gasteiger partial charge in [0.25, 0.3) is 5.91 Å². The molecule has 1 aromatic rings. The van der Waals surface area contributed by atoms with Gasteiger partial charge in [-0.25, -0.2) is 4.79 Å². The number of hydrogen-bond donors (Lipinski definition) is 1. The van der Waals surface area contributed by atoms with Crippen LogP contribution in [0.15, 0.2) is 30.3 Å². The molecule has 1 aliphatic heterocycles. The fourth-order valence-corrected chi connectivity index (χ4v) is 1.20. The fourth-order valence-electron chi connectivity index (χ4n) is 1.20. The van der Waals surface area contributed by atoms with Crippen LogP contribution in [0.4, 0.5) is 4.79 Å². The zero-order valence-electron chi connectivity index (χ0n) is 7.69. The molecule has 1 aliphatic rings. The number of amides is 2. The number of hydrogen-bond acceptors (Lipinski definition) is 3. The molecule has 1 fully saturated rings. The van der Waals surface area contributed by atoms with Crippen LogP contribution in [0.25, 0.3) is 0 Å². The van der Waals surface area contributed by atoms with E-state index in [1.807, 2.05) is 6.07 Å². The smallest absolute Gasteiger partial charge is 0.415 e. The molecule has 67 valence electrons. The van der Waals surface area contributed by atoms with Crippen molar-refractivity contribution in [3.05, 3.63) is 35.9 Å². The molecule has 0 aromatic heterocycles. The van der Waals surface area contributed by atoms with Gasteiger partial charge in [0.2, 0.25) is 6.10 Å². The van der Waals surface area contributed by atoms with Crippen molar-refractivity contribution in [3.63, 3.8) is 0 Å². The quantitative estimate of drug-likeness (QED) is 0.700. The van der Waals surface area contributed by atoms with Gasteiger partial charge in [0.05, 0.1) is 0 Å². The maximum absolute atomic E-state index is 11.1. The van der Waals surface area contributed by atoms with E-state index in [2.05, 4.69) is 5.32 Å². The van der Waals surface area contributed by atoms with Crippen LogP contribution in [0.1, 0.15) is 11.7 Å². The van der Waals surface area contributed by atoms with Crippen molar-refractivity contribution in [2.24, 2.45) is 0 Å². The van der Waals surface area contributed by atoms with Crippen LogP contribution in [0.5, 0.6) is 0 Å². The molecule has 1 N–H and O–H groups in total. The maximum Gasteiger partial charge on any atom is 0.415 e. The molecule has 1 unspecified atom stereocenters. The third-order valence-electron chi connectivity index (χ3n) is 1.79. The zero-order valence-corrected chi connectivity index (χ0v) is 10.8. The molecular weight excluding hydrogens is 209 g/mol. The van der Waals surface area contributed by atoms with E-state index in [9.17, 15) is 9.59 Å². The summed E-state index contributed by atoms with van der Waals surface area (Å²) >= 11 is 0. The summed E-state index contributed by atoms with van der Waals surface area (Å²) < 4.78 is 4.76. The Morgan fingerprint density at radius 2 is 1.79 bits per heavy atom. The Morgan fingerprint density at radius 1 is 1.14 bits per heavy atom. The summed E-state index contributed by atoms with van der Waals surface area (Å²) in [5.41, 5.74) is 0.686. The Bertz CT molecular complexity index is 352. The average Bonchev–Trinajstić information content (AvgIpc) is 2.47. The van der Waals surface area contributed by atoms with Crippen LogP contribution in [0.2, 0.25) is 0 Å². The predicted octanol–water partition coefficient (Wildman–Crippen LogP) is 0.613. The second-order valence-corrected chi connectivity index (χ2v) is 2.69. The molecule has 0 aliphatic carbocycles. The normalized spacial score (nSPS) is 19.6. The molecule has 2 amide bonds. The molecule has 4 nitrogen and oxygen atoms in total. The number of carbonyl (C=O) groups is 2. The molecule has 1 aromatic carbocycles. The molecular formula is C9H7KNO3. The van der Waals surface area contributed by atoms with Crippen molar-refractivity contribution in [2.45, 2.75) is 6.10 Å². The minimum atomic E-state index is -0.784. The van der Waals surface area contributed by atoms with Gasteiger partial charge in [-0.2, -0.15) is 0 Å². The number of benzene rings is 1. The van der Waals surface area contributed by atoms with E-state index >= 15 is 0 Å². The Kier molecular flexibility index (Phi) is 4.27. The summed E-state index contributed by atoms with van der Waals surface area (Å²) in [5.74, 6) is -0.406. The van der Waals surface area contributed by atoms with Crippen molar-refractivity contribution in [1.29, 1.82) is 0 Å². The average molecular weight is 216 g/mol. The minimum Gasteiger partial charge on any atom is -0.431 e. The molecule has 5 heteroatoms. The number of imide groups is 1. The van der Waals surface area contributed by atoms with Gasteiger partial charge in [0.15, 0.2) is 0 Å². The molecule has 0 saturated carbocycles. The first-order valence-corrected chi connectivity index (χ1v) is 3.84. The third kappa shape index (κ3) is 2.43. The Balaban J connectivity index is 0.000000980. The Labute approximate surface area is 123 Å². The van der Waals surface area contributed by atoms with Crippen LogP contribution in [-0.2, 0) is 9.53 Å². The topological polar surface area (TPSA) is 55.4 Å². The van der Waals surface area contributed by atoms with Crippen molar-refractivity contribution in [3.8, 4) is 0 Å². The molecule has 1 heterocycles. The van der Waals surface area contributed by atoms with Crippen LogP contribution < -0.4 is 5.32 Å². The van der Waals surface area contributed by atoms with E-state index in [1.54, 1.807) is 24.3 Å². The second-order valence-electron chi connectivity index (χ2n) is 2.69. The molecule has 0 spiro atoms. The Hall–Kier alpha value is -0.204. The van der Waals surface area contributed by atoms with Gasteiger partial charge in [0.1, 0.15) is 0 Å². The van der Waals surface area contributed by atoms with E-state index in [1.165, 1.54) is 0 Å².